The molecule has 1 aromatic heterocycles. The molecule has 0 bridgehead atoms. The molecule has 4 nitrogen and oxygen atoms in total. The first-order valence-electron chi connectivity index (χ1n) is 7.86. The van der Waals surface area contributed by atoms with Crippen LogP contribution >= 0.6 is 34.7 Å². The summed E-state index contributed by atoms with van der Waals surface area (Å²) in [6.07, 6.45) is 0. The van der Waals surface area contributed by atoms with Crippen molar-refractivity contribution in [3.63, 3.8) is 0 Å². The number of ether oxygens (including phenoxy) is 1. The van der Waals surface area contributed by atoms with Crippen LogP contribution in [0.25, 0.3) is 10.6 Å². The molecule has 0 aliphatic heterocycles. The van der Waals surface area contributed by atoms with E-state index in [4.69, 9.17) is 16.3 Å². The van der Waals surface area contributed by atoms with Crippen molar-refractivity contribution >= 4 is 46.3 Å². The highest BCUT2D eigenvalue weighted by Gasteiger charge is 2.10. The van der Waals surface area contributed by atoms with Crippen molar-refractivity contribution in [1.29, 1.82) is 0 Å². The fraction of sp³-hybridized carbons (Fsp3) is 0.158. The molecule has 1 N–H and O–H groups in total. The maximum atomic E-state index is 12.2. The molecule has 26 heavy (non-hydrogen) atoms. The standard InChI is InChI=1S/C19H17ClN2O2S2/c1-24-17-8-7-14(20)9-16(17)22-18(23)12-25-10-15-11-26-19(21-15)13-5-3-2-4-6-13/h2-9,11H,10,12H2,1H3,(H,22,23). The summed E-state index contributed by atoms with van der Waals surface area (Å²) in [6, 6.07) is 15.2. The lowest BCUT2D eigenvalue weighted by molar-refractivity contribution is -0.113. The van der Waals surface area contributed by atoms with Crippen molar-refractivity contribution in [1.82, 2.24) is 4.98 Å². The van der Waals surface area contributed by atoms with Crippen molar-refractivity contribution in [2.24, 2.45) is 0 Å². The molecule has 0 saturated carbocycles. The van der Waals surface area contributed by atoms with E-state index in [0.29, 0.717) is 28.0 Å². The lowest BCUT2D eigenvalue weighted by atomic mass is 10.2. The number of rotatable bonds is 7. The number of thiazole rings is 1. The summed E-state index contributed by atoms with van der Waals surface area (Å²) >= 11 is 9.11. The minimum Gasteiger partial charge on any atom is -0.495 e. The molecular weight excluding hydrogens is 388 g/mol. The molecule has 0 aliphatic rings. The number of benzene rings is 2. The van der Waals surface area contributed by atoms with E-state index in [1.165, 1.54) is 11.8 Å². The molecule has 0 radical (unpaired) electrons. The molecule has 1 amide bonds. The van der Waals surface area contributed by atoms with Crippen LogP contribution < -0.4 is 10.1 Å². The molecule has 3 aromatic rings. The van der Waals surface area contributed by atoms with Crippen LogP contribution in [0.4, 0.5) is 5.69 Å². The van der Waals surface area contributed by atoms with Crippen LogP contribution in [-0.4, -0.2) is 23.8 Å². The quantitative estimate of drug-likeness (QED) is 0.577. The Labute approximate surface area is 165 Å². The number of hydrogen-bond acceptors (Lipinski definition) is 5. The molecular formula is C19H17ClN2O2S2. The number of nitrogens with one attached hydrogen (secondary N) is 1. The van der Waals surface area contributed by atoms with Gasteiger partial charge >= 0.3 is 0 Å². The number of halogens is 1. The monoisotopic (exact) mass is 404 g/mol. The molecule has 0 aliphatic carbocycles. The topological polar surface area (TPSA) is 51.2 Å². The van der Waals surface area contributed by atoms with Crippen LogP contribution in [0.2, 0.25) is 5.02 Å². The Morgan fingerprint density at radius 2 is 2.08 bits per heavy atom. The summed E-state index contributed by atoms with van der Waals surface area (Å²) in [4.78, 5) is 16.8. The van der Waals surface area contributed by atoms with Gasteiger partial charge in [0.25, 0.3) is 0 Å². The predicted octanol–water partition coefficient (Wildman–Crippen LogP) is 5.34. The van der Waals surface area contributed by atoms with Gasteiger partial charge in [-0.3, -0.25) is 4.79 Å². The van der Waals surface area contributed by atoms with E-state index in [1.807, 2.05) is 35.7 Å². The van der Waals surface area contributed by atoms with Crippen LogP contribution in [0.3, 0.4) is 0 Å². The molecule has 0 unspecified atom stereocenters. The highest BCUT2D eigenvalue weighted by Crippen LogP contribution is 2.28. The predicted molar refractivity (Wildman–Crippen MR) is 110 cm³/mol. The number of carbonyl (C=O) groups excluding carboxylic acids is 1. The zero-order valence-electron chi connectivity index (χ0n) is 14.1. The van der Waals surface area contributed by atoms with Gasteiger partial charge in [-0.05, 0) is 18.2 Å². The number of carbonyl (C=O) groups is 1. The van der Waals surface area contributed by atoms with Crippen LogP contribution in [-0.2, 0) is 10.5 Å². The summed E-state index contributed by atoms with van der Waals surface area (Å²) in [7, 11) is 1.56. The molecule has 7 heteroatoms. The largest absolute Gasteiger partial charge is 0.495 e. The van der Waals surface area contributed by atoms with Crippen molar-refractivity contribution in [3.05, 3.63) is 64.6 Å². The lowest BCUT2D eigenvalue weighted by Crippen LogP contribution is -2.14. The maximum absolute atomic E-state index is 12.2. The average Bonchev–Trinajstić information content (AvgIpc) is 3.11. The van der Waals surface area contributed by atoms with Crippen molar-refractivity contribution < 1.29 is 9.53 Å². The van der Waals surface area contributed by atoms with E-state index in [1.54, 1.807) is 36.6 Å². The Hall–Kier alpha value is -2.02. The summed E-state index contributed by atoms with van der Waals surface area (Å²) in [5.74, 6) is 1.49. The van der Waals surface area contributed by atoms with Gasteiger partial charge in [0.1, 0.15) is 10.8 Å². The lowest BCUT2D eigenvalue weighted by Gasteiger charge is -2.10. The number of anilines is 1. The minimum atomic E-state index is -0.103. The Bertz CT molecular complexity index is 884. The summed E-state index contributed by atoms with van der Waals surface area (Å²) in [5, 5.41) is 6.41. The van der Waals surface area contributed by atoms with Crippen molar-refractivity contribution in [2.75, 3.05) is 18.2 Å². The number of thioether (sulfide) groups is 1. The van der Waals surface area contributed by atoms with Gasteiger partial charge in [0.2, 0.25) is 5.91 Å². The minimum absolute atomic E-state index is 0.103. The summed E-state index contributed by atoms with van der Waals surface area (Å²) < 4.78 is 5.23. The normalized spacial score (nSPS) is 10.5. The average molecular weight is 405 g/mol. The fourth-order valence-corrected chi connectivity index (χ4v) is 4.12. The number of methoxy groups -OCH3 is 1. The van der Waals surface area contributed by atoms with E-state index < -0.39 is 0 Å². The van der Waals surface area contributed by atoms with E-state index in [-0.39, 0.29) is 5.91 Å². The number of amides is 1. The van der Waals surface area contributed by atoms with Crippen LogP contribution in [0.15, 0.2) is 53.9 Å². The van der Waals surface area contributed by atoms with Crippen molar-refractivity contribution in [2.45, 2.75) is 5.75 Å². The zero-order chi connectivity index (χ0) is 18.4. The van der Waals surface area contributed by atoms with Crippen LogP contribution in [0.1, 0.15) is 5.69 Å². The Balaban J connectivity index is 1.52. The maximum Gasteiger partial charge on any atom is 0.234 e. The first-order valence-corrected chi connectivity index (χ1v) is 10.3. The van der Waals surface area contributed by atoms with Crippen LogP contribution in [0, 0.1) is 0 Å². The molecule has 0 fully saturated rings. The second-order valence-corrected chi connectivity index (χ2v) is 7.68. The Morgan fingerprint density at radius 1 is 1.27 bits per heavy atom. The van der Waals surface area contributed by atoms with E-state index >= 15 is 0 Å². The molecule has 3 rings (SSSR count). The molecule has 0 saturated heterocycles. The molecule has 2 aromatic carbocycles. The third-order valence-corrected chi connectivity index (χ3v) is 5.63. The first-order chi connectivity index (χ1) is 12.7. The van der Waals surface area contributed by atoms with E-state index in [9.17, 15) is 4.79 Å². The van der Waals surface area contributed by atoms with Crippen LogP contribution in [0.5, 0.6) is 5.75 Å². The van der Waals surface area contributed by atoms with Crippen molar-refractivity contribution in [3.8, 4) is 16.3 Å². The van der Waals surface area contributed by atoms with Gasteiger partial charge in [-0.25, -0.2) is 4.98 Å². The highest BCUT2D eigenvalue weighted by atomic mass is 35.5. The van der Waals surface area contributed by atoms with Gasteiger partial charge in [-0.15, -0.1) is 23.1 Å². The fourth-order valence-electron chi connectivity index (χ4n) is 2.30. The van der Waals surface area contributed by atoms with Gasteiger partial charge in [0.15, 0.2) is 0 Å². The third kappa shape index (κ3) is 5.00. The number of nitrogens with zero attached hydrogens (tertiary/aromatic N) is 1. The molecule has 0 atom stereocenters. The highest BCUT2D eigenvalue weighted by molar-refractivity contribution is 7.99. The molecule has 0 spiro atoms. The second-order valence-electron chi connectivity index (χ2n) is 5.40. The zero-order valence-corrected chi connectivity index (χ0v) is 16.5. The number of hydrogen-bond donors (Lipinski definition) is 1. The van der Waals surface area contributed by atoms with E-state index in [0.717, 1.165) is 16.3 Å². The smallest absolute Gasteiger partial charge is 0.234 e. The number of aromatic nitrogens is 1. The van der Waals surface area contributed by atoms with Gasteiger partial charge < -0.3 is 10.1 Å². The van der Waals surface area contributed by atoms with Gasteiger partial charge in [-0.2, -0.15) is 0 Å². The third-order valence-electron chi connectivity index (χ3n) is 3.49. The van der Waals surface area contributed by atoms with Gasteiger partial charge in [0, 0.05) is 21.7 Å². The Kier molecular flexibility index (Phi) is 6.55. The molecule has 134 valence electrons. The molecule has 1 heterocycles. The summed E-state index contributed by atoms with van der Waals surface area (Å²) in [6.45, 7) is 0. The van der Waals surface area contributed by atoms with Gasteiger partial charge in [-0.1, -0.05) is 41.9 Å². The SMILES string of the molecule is COc1ccc(Cl)cc1NC(=O)CSCc1csc(-c2ccccc2)n1. The van der Waals surface area contributed by atoms with Gasteiger partial charge in [0.05, 0.1) is 24.2 Å². The second kappa shape index (κ2) is 9.07. The van der Waals surface area contributed by atoms with E-state index in [2.05, 4.69) is 10.3 Å². The first kappa shape index (κ1) is 18.8. The summed E-state index contributed by atoms with van der Waals surface area (Å²) in [5.41, 5.74) is 2.66. The Morgan fingerprint density at radius 3 is 2.85 bits per heavy atom.